The SMILES string of the molecule is CCSCC(C)n1c(CCl)nc2ccc(F)c(F)c21. The lowest BCUT2D eigenvalue weighted by molar-refractivity contribution is 0.505. The molecule has 2 nitrogen and oxygen atoms in total. The Labute approximate surface area is 120 Å². The Balaban J connectivity index is 2.58. The van der Waals surface area contributed by atoms with Crippen LogP contribution in [0, 0.1) is 11.6 Å². The van der Waals surface area contributed by atoms with Gasteiger partial charge >= 0.3 is 0 Å². The monoisotopic (exact) mass is 304 g/mol. The molecule has 2 aromatic rings. The van der Waals surface area contributed by atoms with Crippen molar-refractivity contribution in [2.24, 2.45) is 0 Å². The zero-order valence-corrected chi connectivity index (χ0v) is 12.4. The minimum Gasteiger partial charge on any atom is -0.321 e. The lowest BCUT2D eigenvalue weighted by Crippen LogP contribution is -2.12. The van der Waals surface area contributed by atoms with Crippen molar-refractivity contribution in [1.82, 2.24) is 9.55 Å². The molecule has 2 rings (SSSR count). The van der Waals surface area contributed by atoms with Gasteiger partial charge < -0.3 is 4.57 Å². The molecule has 0 radical (unpaired) electrons. The standard InChI is InChI=1S/C13H15ClF2N2S/c1-3-19-7-8(2)18-11(6-14)17-10-5-4-9(15)12(16)13(10)18/h4-5,8H,3,6-7H2,1-2H3. The Hall–Kier alpha value is -0.810. The van der Waals surface area contributed by atoms with E-state index in [0.29, 0.717) is 11.3 Å². The molecule has 1 heterocycles. The number of hydrogen-bond acceptors (Lipinski definition) is 2. The van der Waals surface area contributed by atoms with Crippen LogP contribution in [0.1, 0.15) is 25.7 Å². The van der Waals surface area contributed by atoms with Crippen molar-refractivity contribution in [2.75, 3.05) is 11.5 Å². The normalized spacial score (nSPS) is 13.1. The summed E-state index contributed by atoms with van der Waals surface area (Å²) in [6.07, 6.45) is 0. The topological polar surface area (TPSA) is 17.8 Å². The molecule has 0 aliphatic rings. The van der Waals surface area contributed by atoms with Gasteiger partial charge in [-0.2, -0.15) is 11.8 Å². The van der Waals surface area contributed by atoms with Crippen LogP contribution in [0.25, 0.3) is 11.0 Å². The van der Waals surface area contributed by atoms with Gasteiger partial charge in [0.2, 0.25) is 0 Å². The molecule has 1 atom stereocenters. The minimum absolute atomic E-state index is 0.0139. The summed E-state index contributed by atoms with van der Waals surface area (Å²) >= 11 is 7.61. The summed E-state index contributed by atoms with van der Waals surface area (Å²) in [6.45, 7) is 4.02. The van der Waals surface area contributed by atoms with Gasteiger partial charge in [-0.1, -0.05) is 6.92 Å². The van der Waals surface area contributed by atoms with Gasteiger partial charge in [-0.15, -0.1) is 11.6 Å². The summed E-state index contributed by atoms with van der Waals surface area (Å²) in [5.74, 6) is 0.827. The Bertz CT molecular complexity index is 586. The van der Waals surface area contributed by atoms with Crippen molar-refractivity contribution >= 4 is 34.4 Å². The first-order valence-corrected chi connectivity index (χ1v) is 7.77. The van der Waals surface area contributed by atoms with Gasteiger partial charge in [-0.3, -0.25) is 0 Å². The summed E-state index contributed by atoms with van der Waals surface area (Å²) in [7, 11) is 0. The highest BCUT2D eigenvalue weighted by Crippen LogP contribution is 2.27. The molecule has 0 bridgehead atoms. The largest absolute Gasteiger partial charge is 0.321 e. The van der Waals surface area contributed by atoms with Gasteiger partial charge in [-0.25, -0.2) is 13.8 Å². The van der Waals surface area contributed by atoms with Gasteiger partial charge in [0.15, 0.2) is 11.6 Å². The van der Waals surface area contributed by atoms with Crippen molar-refractivity contribution in [2.45, 2.75) is 25.8 Å². The van der Waals surface area contributed by atoms with Crippen molar-refractivity contribution in [3.63, 3.8) is 0 Å². The van der Waals surface area contributed by atoms with Gasteiger partial charge in [0, 0.05) is 11.8 Å². The smallest absolute Gasteiger partial charge is 0.184 e. The highest BCUT2D eigenvalue weighted by Gasteiger charge is 2.20. The lowest BCUT2D eigenvalue weighted by atomic mass is 10.2. The molecule has 0 aliphatic heterocycles. The molecule has 6 heteroatoms. The van der Waals surface area contributed by atoms with E-state index >= 15 is 0 Å². The second kappa shape index (κ2) is 6.09. The maximum Gasteiger partial charge on any atom is 0.184 e. The molecule has 0 saturated carbocycles. The van der Waals surface area contributed by atoms with Crippen molar-refractivity contribution in [1.29, 1.82) is 0 Å². The third kappa shape index (κ3) is 2.72. The van der Waals surface area contributed by atoms with E-state index in [4.69, 9.17) is 11.6 Å². The first-order valence-electron chi connectivity index (χ1n) is 6.08. The summed E-state index contributed by atoms with van der Waals surface area (Å²) in [5, 5.41) is 0. The molecule has 1 unspecified atom stereocenters. The number of alkyl halides is 1. The molecule has 0 N–H and O–H groups in total. The molecular weight excluding hydrogens is 290 g/mol. The number of aromatic nitrogens is 2. The van der Waals surface area contributed by atoms with Crippen LogP contribution in [0.5, 0.6) is 0 Å². The van der Waals surface area contributed by atoms with E-state index in [-0.39, 0.29) is 17.4 Å². The number of fused-ring (bicyclic) bond motifs is 1. The Morgan fingerprint density at radius 1 is 1.42 bits per heavy atom. The molecule has 0 fully saturated rings. The average molecular weight is 305 g/mol. The molecule has 0 aliphatic carbocycles. The van der Waals surface area contributed by atoms with E-state index in [2.05, 4.69) is 11.9 Å². The molecule has 0 saturated heterocycles. The van der Waals surface area contributed by atoms with Crippen LogP contribution >= 0.6 is 23.4 Å². The quantitative estimate of drug-likeness (QED) is 0.764. The van der Waals surface area contributed by atoms with E-state index in [1.54, 1.807) is 16.3 Å². The fourth-order valence-corrected chi connectivity index (χ4v) is 3.02. The Morgan fingerprint density at radius 2 is 2.16 bits per heavy atom. The molecular formula is C13H15ClF2N2S. The van der Waals surface area contributed by atoms with Gasteiger partial charge in [-0.05, 0) is 24.8 Å². The number of rotatable bonds is 5. The fourth-order valence-electron chi connectivity index (χ4n) is 2.10. The predicted molar refractivity (Wildman–Crippen MR) is 76.9 cm³/mol. The fraction of sp³-hybridized carbons (Fsp3) is 0.462. The zero-order valence-electron chi connectivity index (χ0n) is 10.8. The molecule has 1 aromatic heterocycles. The van der Waals surface area contributed by atoms with Crippen LogP contribution in [0.3, 0.4) is 0 Å². The minimum atomic E-state index is -0.856. The third-order valence-corrected chi connectivity index (χ3v) is 4.31. The number of halogens is 3. The van der Waals surface area contributed by atoms with Gasteiger partial charge in [0.25, 0.3) is 0 Å². The number of benzene rings is 1. The Morgan fingerprint density at radius 3 is 2.79 bits per heavy atom. The van der Waals surface area contributed by atoms with Crippen molar-refractivity contribution in [3.8, 4) is 0 Å². The van der Waals surface area contributed by atoms with E-state index in [0.717, 1.165) is 17.6 Å². The predicted octanol–water partition coefficient (Wildman–Crippen LogP) is 4.37. The van der Waals surface area contributed by atoms with E-state index in [1.807, 2.05) is 6.92 Å². The van der Waals surface area contributed by atoms with Crippen LogP contribution in [0.15, 0.2) is 12.1 Å². The second-order valence-corrected chi connectivity index (χ2v) is 5.86. The van der Waals surface area contributed by atoms with Crippen LogP contribution < -0.4 is 0 Å². The summed E-state index contributed by atoms with van der Waals surface area (Å²) in [4.78, 5) is 4.28. The summed E-state index contributed by atoms with van der Waals surface area (Å²) in [5.41, 5.74) is 0.655. The molecule has 1 aromatic carbocycles. The first-order chi connectivity index (χ1) is 9.10. The number of imidazole rings is 1. The van der Waals surface area contributed by atoms with Crippen LogP contribution in [0.4, 0.5) is 8.78 Å². The number of hydrogen-bond donors (Lipinski definition) is 0. The zero-order chi connectivity index (χ0) is 14.0. The maximum atomic E-state index is 14.0. The van der Waals surface area contributed by atoms with Gasteiger partial charge in [0.05, 0.1) is 11.4 Å². The van der Waals surface area contributed by atoms with E-state index in [1.165, 1.54) is 6.07 Å². The molecule has 104 valence electrons. The number of nitrogens with zero attached hydrogens (tertiary/aromatic N) is 2. The summed E-state index contributed by atoms with van der Waals surface area (Å²) in [6, 6.07) is 2.60. The highest BCUT2D eigenvalue weighted by atomic mass is 35.5. The van der Waals surface area contributed by atoms with Gasteiger partial charge in [0.1, 0.15) is 11.3 Å². The van der Waals surface area contributed by atoms with Crippen LogP contribution in [0.2, 0.25) is 0 Å². The summed E-state index contributed by atoms with van der Waals surface area (Å²) < 4.78 is 29.1. The average Bonchev–Trinajstić information content (AvgIpc) is 2.79. The van der Waals surface area contributed by atoms with Crippen LogP contribution in [-0.2, 0) is 5.88 Å². The maximum absolute atomic E-state index is 14.0. The first kappa shape index (κ1) is 14.6. The highest BCUT2D eigenvalue weighted by molar-refractivity contribution is 7.99. The van der Waals surface area contributed by atoms with E-state index in [9.17, 15) is 8.78 Å². The lowest BCUT2D eigenvalue weighted by Gasteiger charge is -2.16. The van der Waals surface area contributed by atoms with E-state index < -0.39 is 11.6 Å². The Kier molecular flexibility index (Phi) is 4.68. The number of thioether (sulfide) groups is 1. The third-order valence-electron chi connectivity index (χ3n) is 2.94. The molecule has 0 amide bonds. The molecule has 0 spiro atoms. The molecule has 19 heavy (non-hydrogen) atoms. The van der Waals surface area contributed by atoms with Crippen molar-refractivity contribution < 1.29 is 8.78 Å². The van der Waals surface area contributed by atoms with Crippen molar-refractivity contribution in [3.05, 3.63) is 29.6 Å². The second-order valence-electron chi connectivity index (χ2n) is 4.27. The van der Waals surface area contributed by atoms with Crippen LogP contribution in [-0.4, -0.2) is 21.1 Å².